The minimum atomic E-state index is -1.08. The van der Waals surface area contributed by atoms with Gasteiger partial charge in [0.1, 0.15) is 0 Å². The average molecular weight is 462 g/mol. The molecule has 0 heterocycles. The smallest absolute Gasteiger partial charge is 0.549 e. The van der Waals surface area contributed by atoms with Gasteiger partial charge in [-0.2, -0.15) is 0 Å². The van der Waals surface area contributed by atoms with E-state index in [1.54, 1.807) is 0 Å². The first kappa shape index (κ1) is 15.3. The molecule has 4 unspecified atom stereocenters. The molecule has 0 amide bonds. The second-order valence-electron chi connectivity index (χ2n) is 7.05. The van der Waals surface area contributed by atoms with Crippen molar-refractivity contribution in [1.29, 1.82) is 0 Å². The van der Waals surface area contributed by atoms with Crippen LogP contribution in [0, 0.1) is 46.3 Å². The number of aliphatic carboxylic acids is 2. The molecule has 8 bridgehead atoms. The van der Waals surface area contributed by atoms with Crippen LogP contribution in [0.4, 0.5) is 0 Å². The van der Waals surface area contributed by atoms with E-state index in [2.05, 4.69) is 0 Å². The van der Waals surface area contributed by atoms with Gasteiger partial charge in [-0.25, -0.2) is 0 Å². The summed E-state index contributed by atoms with van der Waals surface area (Å²) in [7, 11) is 0. The van der Waals surface area contributed by atoms with Gasteiger partial charge in [-0.15, -0.1) is 0 Å². The molecule has 0 aromatic rings. The number of carbonyl (C=O) groups is 2. The molecule has 6 aliphatic carbocycles. The molecule has 4 atom stereocenters. The van der Waals surface area contributed by atoms with Crippen molar-refractivity contribution in [3.8, 4) is 0 Å². The van der Waals surface area contributed by atoms with Crippen LogP contribution in [-0.2, 0) is 54.3 Å². The summed E-state index contributed by atoms with van der Waals surface area (Å²) in [4.78, 5) is 23.8. The fraction of sp³-hybridized carbons (Fsp3) is 0.857. The molecule has 0 aliphatic heterocycles. The molecule has 6 saturated carbocycles. The first-order valence-electron chi connectivity index (χ1n) is 7.02. The molecule has 0 saturated heterocycles. The SMILES string of the molecule is O=C([O-])C12C3CCC4C3C3C1CCC3C42C(=O)[O-].[Ag+].[Ag+]. The third kappa shape index (κ3) is 0.983. The Morgan fingerprint density at radius 1 is 0.700 bits per heavy atom. The van der Waals surface area contributed by atoms with E-state index in [4.69, 9.17) is 0 Å². The van der Waals surface area contributed by atoms with Crippen LogP contribution in [0.15, 0.2) is 0 Å². The summed E-state index contributed by atoms with van der Waals surface area (Å²) in [5.41, 5.74) is -2.12. The molecule has 6 aliphatic rings. The maximum Gasteiger partial charge on any atom is 1.00 e. The van der Waals surface area contributed by atoms with Gasteiger partial charge < -0.3 is 19.8 Å². The second-order valence-corrected chi connectivity index (χ2v) is 7.05. The van der Waals surface area contributed by atoms with E-state index < -0.39 is 22.8 Å². The molecular weight excluding hydrogens is 448 g/mol. The molecule has 6 heteroatoms. The van der Waals surface area contributed by atoms with E-state index in [9.17, 15) is 19.8 Å². The fourth-order valence-corrected chi connectivity index (χ4v) is 7.97. The van der Waals surface area contributed by atoms with Crippen molar-refractivity contribution < 1.29 is 64.6 Å². The van der Waals surface area contributed by atoms with Crippen molar-refractivity contribution in [2.75, 3.05) is 0 Å². The van der Waals surface area contributed by atoms with E-state index in [1.807, 2.05) is 0 Å². The topological polar surface area (TPSA) is 80.3 Å². The van der Waals surface area contributed by atoms with Crippen LogP contribution in [0.3, 0.4) is 0 Å². The molecule has 6 fully saturated rings. The third-order valence-electron chi connectivity index (χ3n) is 7.58. The fourth-order valence-electron chi connectivity index (χ4n) is 7.97. The van der Waals surface area contributed by atoms with Gasteiger partial charge in [-0.3, -0.25) is 0 Å². The van der Waals surface area contributed by atoms with Gasteiger partial charge in [0.2, 0.25) is 0 Å². The van der Waals surface area contributed by atoms with Gasteiger partial charge in [0.25, 0.3) is 0 Å². The van der Waals surface area contributed by atoms with Gasteiger partial charge in [-0.05, 0) is 61.2 Å². The maximum atomic E-state index is 11.9. The van der Waals surface area contributed by atoms with Crippen molar-refractivity contribution in [3.63, 3.8) is 0 Å². The monoisotopic (exact) mass is 460 g/mol. The van der Waals surface area contributed by atoms with Crippen LogP contribution < -0.4 is 10.2 Å². The molecule has 4 nitrogen and oxygen atoms in total. The van der Waals surface area contributed by atoms with E-state index in [0.717, 1.165) is 25.7 Å². The zero-order valence-corrected chi connectivity index (χ0v) is 13.5. The summed E-state index contributed by atoms with van der Waals surface area (Å²) in [5, 5.41) is 23.8. The van der Waals surface area contributed by atoms with Crippen molar-refractivity contribution in [2.24, 2.45) is 46.3 Å². The van der Waals surface area contributed by atoms with Crippen LogP contribution in [-0.4, -0.2) is 11.9 Å². The Balaban J connectivity index is 0.000000605. The Bertz CT molecular complexity index is 449. The molecule has 0 N–H and O–H groups in total. The normalized spacial score (nSPS) is 58.6. The number of hydrogen-bond donors (Lipinski definition) is 0. The predicted octanol–water partition coefficient (Wildman–Crippen LogP) is -1.22. The Hall–Kier alpha value is 0.421. The van der Waals surface area contributed by atoms with Crippen molar-refractivity contribution >= 4 is 11.9 Å². The number of carbonyl (C=O) groups excluding carboxylic acids is 2. The zero-order chi connectivity index (χ0) is 12.4. The summed E-state index contributed by atoms with van der Waals surface area (Å²) in [6.07, 6.45) is 3.55. The number of hydrogen-bond acceptors (Lipinski definition) is 4. The van der Waals surface area contributed by atoms with E-state index in [-0.39, 0.29) is 68.4 Å². The van der Waals surface area contributed by atoms with Crippen molar-refractivity contribution in [3.05, 3.63) is 0 Å². The van der Waals surface area contributed by atoms with Gasteiger partial charge >= 0.3 is 44.8 Å². The number of rotatable bonds is 2. The molecule has 6 rings (SSSR count). The second kappa shape index (κ2) is 4.03. The van der Waals surface area contributed by atoms with E-state index in [1.165, 1.54) is 0 Å². The molecular formula is C14H14Ag2O4. The summed E-state index contributed by atoms with van der Waals surface area (Å²) < 4.78 is 0. The molecule has 0 spiro atoms. The first-order chi connectivity index (χ1) is 8.59. The Labute approximate surface area is 148 Å². The zero-order valence-electron chi connectivity index (χ0n) is 10.5. The molecule has 20 heavy (non-hydrogen) atoms. The standard InChI is InChI=1S/C14H16O4.2Ag/c15-11(16)13-5-1-2-6-9(5)10-7(13)3-4-8(10)14(6,13)12(17)18;;/h5-10H,1-4H2,(H,15,16)(H,17,18);;/q;2*+1/p-2. The summed E-state index contributed by atoms with van der Waals surface area (Å²) in [6, 6.07) is 0. The van der Waals surface area contributed by atoms with E-state index in [0.29, 0.717) is 11.8 Å². The maximum absolute atomic E-state index is 11.9. The Morgan fingerprint density at radius 3 is 1.15 bits per heavy atom. The molecule has 0 aromatic heterocycles. The minimum Gasteiger partial charge on any atom is -0.549 e. The summed E-state index contributed by atoms with van der Waals surface area (Å²) in [6.45, 7) is 0. The van der Waals surface area contributed by atoms with Crippen LogP contribution in [0.25, 0.3) is 0 Å². The van der Waals surface area contributed by atoms with Gasteiger partial charge in [0.15, 0.2) is 0 Å². The quantitative estimate of drug-likeness (QED) is 0.483. The Kier molecular flexibility index (Phi) is 3.09. The molecule has 0 aromatic carbocycles. The van der Waals surface area contributed by atoms with Gasteiger partial charge in [-0.1, -0.05) is 0 Å². The number of carboxylic acids is 2. The van der Waals surface area contributed by atoms with Crippen LogP contribution >= 0.6 is 0 Å². The van der Waals surface area contributed by atoms with Gasteiger partial charge in [0.05, 0.1) is 0 Å². The van der Waals surface area contributed by atoms with Gasteiger partial charge in [0, 0.05) is 22.8 Å². The van der Waals surface area contributed by atoms with Crippen LogP contribution in [0.2, 0.25) is 0 Å². The van der Waals surface area contributed by atoms with Crippen molar-refractivity contribution in [2.45, 2.75) is 25.7 Å². The molecule has 0 radical (unpaired) electrons. The first-order valence-corrected chi connectivity index (χ1v) is 7.02. The largest absolute Gasteiger partial charge is 1.00 e. The average Bonchev–Trinajstić information content (AvgIpc) is 3.07. The Morgan fingerprint density at radius 2 is 0.950 bits per heavy atom. The summed E-state index contributed by atoms with van der Waals surface area (Å²) >= 11 is 0. The van der Waals surface area contributed by atoms with Crippen LogP contribution in [0.5, 0.6) is 0 Å². The van der Waals surface area contributed by atoms with Crippen molar-refractivity contribution in [1.82, 2.24) is 0 Å². The van der Waals surface area contributed by atoms with Crippen LogP contribution in [0.1, 0.15) is 25.7 Å². The summed E-state index contributed by atoms with van der Waals surface area (Å²) in [5.74, 6) is -1.21. The predicted molar refractivity (Wildman–Crippen MR) is 54.3 cm³/mol. The minimum absolute atomic E-state index is 0. The number of carboxylic acid groups (broad SMARTS) is 2. The molecule has 116 valence electrons. The third-order valence-corrected chi connectivity index (χ3v) is 7.58. The van der Waals surface area contributed by atoms with E-state index >= 15 is 0 Å².